The number of rotatable bonds is 2. The van der Waals surface area contributed by atoms with Crippen LogP contribution in [-0.2, 0) is 5.92 Å². The van der Waals surface area contributed by atoms with E-state index in [1.165, 1.54) is 0 Å². The van der Waals surface area contributed by atoms with Crippen molar-refractivity contribution in [2.24, 2.45) is 0 Å². The molecule has 0 fully saturated rings. The maximum atomic E-state index is 13.0. The van der Waals surface area contributed by atoms with Gasteiger partial charge in [0.1, 0.15) is 5.15 Å². The topological polar surface area (TPSA) is 12.9 Å². The average molecular weight is 332 g/mol. The standard InChI is InChI=1S/C8H2ClF8NS/c9-5-1-4(19-8(15,16)17)3(2-18-5)6(10,11)7(12,13)14/h1-2H. The van der Waals surface area contributed by atoms with E-state index in [1.54, 1.807) is 0 Å². The van der Waals surface area contributed by atoms with Gasteiger partial charge in [0.05, 0.1) is 5.56 Å². The summed E-state index contributed by atoms with van der Waals surface area (Å²) in [6, 6.07) is 0.300. The van der Waals surface area contributed by atoms with E-state index in [4.69, 9.17) is 11.6 Å². The molecule has 0 aliphatic carbocycles. The molecule has 0 saturated heterocycles. The first-order valence-corrected chi connectivity index (χ1v) is 5.40. The maximum Gasteiger partial charge on any atom is 0.458 e. The summed E-state index contributed by atoms with van der Waals surface area (Å²) >= 11 is 4.07. The van der Waals surface area contributed by atoms with E-state index in [9.17, 15) is 35.1 Å². The van der Waals surface area contributed by atoms with Crippen molar-refractivity contribution in [2.45, 2.75) is 22.5 Å². The molecule has 0 unspecified atom stereocenters. The van der Waals surface area contributed by atoms with Crippen LogP contribution in [0.25, 0.3) is 0 Å². The molecule has 11 heteroatoms. The highest BCUT2D eigenvalue weighted by atomic mass is 35.5. The minimum atomic E-state index is -6.04. The van der Waals surface area contributed by atoms with Gasteiger partial charge in [-0.25, -0.2) is 4.98 Å². The van der Waals surface area contributed by atoms with E-state index in [2.05, 4.69) is 4.98 Å². The summed E-state index contributed by atoms with van der Waals surface area (Å²) in [4.78, 5) is 1.60. The summed E-state index contributed by atoms with van der Waals surface area (Å²) in [7, 11) is 0. The van der Waals surface area contributed by atoms with E-state index in [1.807, 2.05) is 0 Å². The molecule has 108 valence electrons. The fourth-order valence-electron chi connectivity index (χ4n) is 1.01. The Bertz CT molecular complexity index is 469. The zero-order valence-electron chi connectivity index (χ0n) is 8.41. The number of alkyl halides is 8. The van der Waals surface area contributed by atoms with Gasteiger partial charge in [-0.15, -0.1) is 0 Å². The van der Waals surface area contributed by atoms with Crippen molar-refractivity contribution in [3.8, 4) is 0 Å². The lowest BCUT2D eigenvalue weighted by Gasteiger charge is -2.22. The molecular weight excluding hydrogens is 330 g/mol. The Kier molecular flexibility index (Phi) is 4.26. The number of nitrogens with zero attached hydrogens (tertiary/aromatic N) is 1. The first kappa shape index (κ1) is 16.3. The molecule has 19 heavy (non-hydrogen) atoms. The average Bonchev–Trinajstić information content (AvgIpc) is 2.12. The normalized spacial score (nSPS) is 13.7. The maximum absolute atomic E-state index is 13.0. The molecule has 1 rings (SSSR count). The zero-order chi connectivity index (χ0) is 15.1. The fraction of sp³-hybridized carbons (Fsp3) is 0.375. The van der Waals surface area contributed by atoms with Gasteiger partial charge in [-0.1, -0.05) is 11.6 Å². The lowest BCUT2D eigenvalue weighted by Crippen LogP contribution is -2.34. The highest BCUT2D eigenvalue weighted by molar-refractivity contribution is 8.00. The van der Waals surface area contributed by atoms with Gasteiger partial charge in [0.15, 0.2) is 0 Å². The van der Waals surface area contributed by atoms with Crippen molar-refractivity contribution >= 4 is 23.4 Å². The van der Waals surface area contributed by atoms with Crippen LogP contribution < -0.4 is 0 Å². The number of hydrogen-bond donors (Lipinski definition) is 0. The van der Waals surface area contributed by atoms with E-state index in [0.29, 0.717) is 6.07 Å². The molecule has 0 atom stereocenters. The van der Waals surface area contributed by atoms with Gasteiger partial charge < -0.3 is 0 Å². The smallest absolute Gasteiger partial charge is 0.244 e. The molecule has 0 saturated carbocycles. The van der Waals surface area contributed by atoms with Crippen molar-refractivity contribution in [2.75, 3.05) is 0 Å². The molecule has 0 aliphatic heterocycles. The van der Waals surface area contributed by atoms with Crippen molar-refractivity contribution in [3.05, 3.63) is 23.0 Å². The van der Waals surface area contributed by atoms with Crippen LogP contribution in [0.1, 0.15) is 5.56 Å². The largest absolute Gasteiger partial charge is 0.458 e. The van der Waals surface area contributed by atoms with Gasteiger partial charge in [-0.2, -0.15) is 35.1 Å². The number of thioether (sulfide) groups is 1. The van der Waals surface area contributed by atoms with Gasteiger partial charge >= 0.3 is 17.6 Å². The summed E-state index contributed by atoms with van der Waals surface area (Å²) < 4.78 is 98.8. The summed E-state index contributed by atoms with van der Waals surface area (Å²) in [5.41, 5.74) is -6.94. The molecule has 0 amide bonds. The monoisotopic (exact) mass is 331 g/mol. The molecule has 1 aromatic rings. The Morgan fingerprint density at radius 1 is 1.00 bits per heavy atom. The SMILES string of the molecule is FC(F)(F)Sc1cc(Cl)ncc1C(F)(F)C(F)(F)F. The minimum absolute atomic E-state index is 0.0239. The first-order valence-electron chi connectivity index (χ1n) is 4.21. The summed E-state index contributed by atoms with van der Waals surface area (Å²) in [5, 5.41) is -0.631. The third-order valence-corrected chi connectivity index (χ3v) is 2.75. The highest BCUT2D eigenvalue weighted by Crippen LogP contribution is 2.49. The molecular formula is C8H2ClF8NS. The van der Waals surface area contributed by atoms with Crippen LogP contribution in [0, 0.1) is 0 Å². The second kappa shape index (κ2) is 4.97. The third kappa shape index (κ3) is 3.85. The van der Waals surface area contributed by atoms with Crippen molar-refractivity contribution in [3.63, 3.8) is 0 Å². The summed E-state index contributed by atoms with van der Waals surface area (Å²) in [5.74, 6) is -5.46. The van der Waals surface area contributed by atoms with Crippen molar-refractivity contribution in [1.82, 2.24) is 4.98 Å². The van der Waals surface area contributed by atoms with Crippen molar-refractivity contribution in [1.29, 1.82) is 0 Å². The molecule has 1 nitrogen and oxygen atoms in total. The van der Waals surface area contributed by atoms with Gasteiger partial charge in [0, 0.05) is 11.1 Å². The van der Waals surface area contributed by atoms with E-state index >= 15 is 0 Å². The number of aromatic nitrogens is 1. The fourth-order valence-corrected chi connectivity index (χ4v) is 1.94. The van der Waals surface area contributed by atoms with E-state index < -0.39 is 45.0 Å². The first-order chi connectivity index (χ1) is 8.34. The Morgan fingerprint density at radius 2 is 1.53 bits per heavy atom. The summed E-state index contributed by atoms with van der Waals surface area (Å²) in [6.07, 6.45) is -6.06. The van der Waals surface area contributed by atoms with Crippen LogP contribution in [0.5, 0.6) is 0 Å². The molecule has 0 aromatic carbocycles. The van der Waals surface area contributed by atoms with Crippen LogP contribution in [0.2, 0.25) is 5.15 Å². The van der Waals surface area contributed by atoms with Gasteiger partial charge in [0.25, 0.3) is 0 Å². The van der Waals surface area contributed by atoms with Crippen LogP contribution in [0.3, 0.4) is 0 Å². The second-order valence-electron chi connectivity index (χ2n) is 3.12. The predicted octanol–water partition coefficient (Wildman–Crippen LogP) is 5.00. The summed E-state index contributed by atoms with van der Waals surface area (Å²) in [6.45, 7) is 0. The second-order valence-corrected chi connectivity index (χ2v) is 4.62. The van der Waals surface area contributed by atoms with E-state index in [-0.39, 0.29) is 6.20 Å². The minimum Gasteiger partial charge on any atom is -0.244 e. The van der Waals surface area contributed by atoms with Gasteiger partial charge in [0.2, 0.25) is 0 Å². The molecule has 0 radical (unpaired) electrons. The molecule has 0 aliphatic rings. The molecule has 0 spiro atoms. The zero-order valence-corrected chi connectivity index (χ0v) is 9.98. The van der Waals surface area contributed by atoms with Crippen LogP contribution in [0.15, 0.2) is 17.2 Å². The van der Waals surface area contributed by atoms with Crippen LogP contribution in [0.4, 0.5) is 35.1 Å². The quantitative estimate of drug-likeness (QED) is 0.429. The molecule has 1 aromatic heterocycles. The van der Waals surface area contributed by atoms with Crippen LogP contribution in [-0.4, -0.2) is 16.7 Å². The Balaban J connectivity index is 3.36. The third-order valence-electron chi connectivity index (χ3n) is 1.75. The van der Waals surface area contributed by atoms with Gasteiger partial charge in [-0.05, 0) is 17.8 Å². The molecule has 1 heterocycles. The van der Waals surface area contributed by atoms with E-state index in [0.717, 1.165) is 0 Å². The Labute approximate surface area is 109 Å². The predicted molar refractivity (Wildman–Crippen MR) is 51.1 cm³/mol. The Morgan fingerprint density at radius 3 is 1.95 bits per heavy atom. The van der Waals surface area contributed by atoms with Crippen molar-refractivity contribution < 1.29 is 35.1 Å². The number of halogens is 9. The number of pyridine rings is 1. The highest BCUT2D eigenvalue weighted by Gasteiger charge is 2.60. The van der Waals surface area contributed by atoms with Gasteiger partial charge in [-0.3, -0.25) is 0 Å². The number of hydrogen-bond acceptors (Lipinski definition) is 2. The Hall–Kier alpha value is -0.770. The van der Waals surface area contributed by atoms with Crippen LogP contribution >= 0.6 is 23.4 Å². The molecule has 0 bridgehead atoms. The molecule has 0 N–H and O–H groups in total. The lowest BCUT2D eigenvalue weighted by molar-refractivity contribution is -0.290. The lowest BCUT2D eigenvalue weighted by atomic mass is 10.1.